The van der Waals surface area contributed by atoms with E-state index in [0.717, 1.165) is 4.47 Å². The van der Waals surface area contributed by atoms with Crippen LogP contribution in [0.4, 0.5) is 0 Å². The van der Waals surface area contributed by atoms with Crippen molar-refractivity contribution >= 4 is 33.7 Å². The fraction of sp³-hybridized carbons (Fsp3) is 0.550. The lowest BCUT2D eigenvalue weighted by molar-refractivity contribution is -0.157. The van der Waals surface area contributed by atoms with Crippen LogP contribution in [-0.4, -0.2) is 29.9 Å². The molecular weight excluding hydrogens is 400 g/mol. The summed E-state index contributed by atoms with van der Waals surface area (Å²) in [5.74, 6) is -3.65. The minimum atomic E-state index is -1.09. The fourth-order valence-corrected chi connectivity index (χ4v) is 4.00. The first-order chi connectivity index (χ1) is 12.1. The largest absolute Gasteiger partial charge is 0.465 e. The summed E-state index contributed by atoms with van der Waals surface area (Å²) in [6, 6.07) is 7.08. The lowest BCUT2D eigenvalue weighted by atomic mass is 9.67. The number of benzene rings is 1. The molecule has 1 aliphatic heterocycles. The van der Waals surface area contributed by atoms with Crippen molar-refractivity contribution in [2.45, 2.75) is 40.2 Å². The van der Waals surface area contributed by atoms with Gasteiger partial charge < -0.3 is 9.47 Å². The number of cyclic esters (lactones) is 1. The molecule has 3 unspecified atom stereocenters. The fourth-order valence-electron chi connectivity index (χ4n) is 3.74. The third kappa shape index (κ3) is 4.00. The van der Waals surface area contributed by atoms with E-state index < -0.39 is 35.3 Å². The Kier molecular flexibility index (Phi) is 6.27. The molecule has 3 atom stereocenters. The summed E-state index contributed by atoms with van der Waals surface area (Å²) >= 11 is 3.36. The summed E-state index contributed by atoms with van der Waals surface area (Å²) in [5.41, 5.74) is -0.390. The van der Waals surface area contributed by atoms with E-state index in [0.29, 0.717) is 5.56 Å². The van der Waals surface area contributed by atoms with Crippen LogP contribution < -0.4 is 0 Å². The number of halogens is 1. The van der Waals surface area contributed by atoms with Crippen LogP contribution in [0.5, 0.6) is 0 Å². The summed E-state index contributed by atoms with van der Waals surface area (Å²) in [7, 11) is 0. The van der Waals surface area contributed by atoms with Crippen LogP contribution in [0.15, 0.2) is 28.7 Å². The van der Waals surface area contributed by atoms with E-state index in [1.54, 1.807) is 45.0 Å². The Morgan fingerprint density at radius 2 is 1.81 bits per heavy atom. The van der Waals surface area contributed by atoms with Crippen LogP contribution in [0.25, 0.3) is 0 Å². The molecule has 26 heavy (non-hydrogen) atoms. The first-order valence-corrected chi connectivity index (χ1v) is 9.58. The second-order valence-electron chi connectivity index (χ2n) is 7.42. The number of esters is 2. The van der Waals surface area contributed by atoms with Crippen molar-refractivity contribution in [2.75, 3.05) is 6.61 Å². The molecule has 142 valence electrons. The third-order valence-corrected chi connectivity index (χ3v) is 5.39. The first-order valence-electron chi connectivity index (χ1n) is 8.79. The Balaban J connectivity index is 2.47. The summed E-state index contributed by atoms with van der Waals surface area (Å²) in [6.07, 6.45) is 0. The molecule has 1 aromatic carbocycles. The number of carbonyl (C=O) groups excluding carboxylic acids is 3. The van der Waals surface area contributed by atoms with Crippen molar-refractivity contribution in [2.24, 2.45) is 23.7 Å². The van der Waals surface area contributed by atoms with Gasteiger partial charge in [0.1, 0.15) is 5.60 Å². The highest BCUT2D eigenvalue weighted by atomic mass is 79.9. The van der Waals surface area contributed by atoms with Crippen LogP contribution in [0.1, 0.15) is 45.0 Å². The molecule has 5 nitrogen and oxygen atoms in total. The quantitative estimate of drug-likeness (QED) is 0.391. The maximum absolute atomic E-state index is 13.3. The Hall–Kier alpha value is -1.69. The van der Waals surface area contributed by atoms with Crippen molar-refractivity contribution in [3.8, 4) is 0 Å². The smallest absolute Gasteiger partial charge is 0.321 e. The summed E-state index contributed by atoms with van der Waals surface area (Å²) in [4.78, 5) is 38.1. The average Bonchev–Trinajstić information content (AvgIpc) is 2.77. The molecule has 0 N–H and O–H groups in total. The van der Waals surface area contributed by atoms with E-state index in [4.69, 9.17) is 9.47 Å². The maximum atomic E-state index is 13.3. The Labute approximate surface area is 162 Å². The number of Topliss-reactive ketones (excluding diaryl/α,β-unsaturated/α-hetero) is 1. The standard InChI is InChI=1S/C20H25BrO5/c1-6-25-18(23)15-16(20(4,5)26-19(15)24)14(11(2)3)17(22)12-7-9-13(21)10-8-12/h7-11,14-16H,6H2,1-5H3. The second kappa shape index (κ2) is 7.91. The minimum absolute atomic E-state index is 0.0816. The highest BCUT2D eigenvalue weighted by Gasteiger charge is 2.59. The Bertz CT molecular complexity index is 693. The first kappa shape index (κ1) is 20.6. The van der Waals surface area contributed by atoms with Gasteiger partial charge in [-0.15, -0.1) is 0 Å². The van der Waals surface area contributed by atoms with Crippen molar-refractivity contribution in [3.63, 3.8) is 0 Å². The lowest BCUT2D eigenvalue weighted by Gasteiger charge is -2.35. The van der Waals surface area contributed by atoms with Gasteiger partial charge >= 0.3 is 11.9 Å². The molecular formula is C20H25BrO5. The molecule has 2 rings (SSSR count). The predicted molar refractivity (Wildman–Crippen MR) is 101 cm³/mol. The molecule has 1 aliphatic rings. The number of hydrogen-bond donors (Lipinski definition) is 0. The van der Waals surface area contributed by atoms with Gasteiger partial charge in [-0.05, 0) is 38.8 Å². The molecule has 0 radical (unpaired) electrons. The number of ether oxygens (including phenoxy) is 2. The summed E-state index contributed by atoms with van der Waals surface area (Å²) in [5, 5.41) is 0. The second-order valence-corrected chi connectivity index (χ2v) is 8.34. The van der Waals surface area contributed by atoms with E-state index in [1.165, 1.54) is 0 Å². The van der Waals surface area contributed by atoms with Crippen molar-refractivity contribution in [1.82, 2.24) is 0 Å². The summed E-state index contributed by atoms with van der Waals surface area (Å²) in [6.45, 7) is 9.19. The Morgan fingerprint density at radius 3 is 2.31 bits per heavy atom. The van der Waals surface area contributed by atoms with Gasteiger partial charge in [0.05, 0.1) is 6.61 Å². The van der Waals surface area contributed by atoms with Crippen molar-refractivity contribution in [3.05, 3.63) is 34.3 Å². The van der Waals surface area contributed by atoms with E-state index >= 15 is 0 Å². The van der Waals surface area contributed by atoms with Crippen LogP contribution in [0, 0.1) is 23.7 Å². The van der Waals surface area contributed by atoms with Crippen molar-refractivity contribution < 1.29 is 23.9 Å². The minimum Gasteiger partial charge on any atom is -0.465 e. The Morgan fingerprint density at radius 1 is 1.23 bits per heavy atom. The van der Waals surface area contributed by atoms with Crippen LogP contribution in [-0.2, 0) is 19.1 Å². The van der Waals surface area contributed by atoms with Gasteiger partial charge in [0.15, 0.2) is 11.7 Å². The molecule has 0 amide bonds. The molecule has 1 heterocycles. The molecule has 6 heteroatoms. The topological polar surface area (TPSA) is 69.7 Å². The maximum Gasteiger partial charge on any atom is 0.321 e. The molecule has 1 saturated heterocycles. The zero-order valence-electron chi connectivity index (χ0n) is 15.7. The molecule has 0 aromatic heterocycles. The normalized spacial score (nSPS) is 22.8. The van der Waals surface area contributed by atoms with Gasteiger partial charge in [-0.25, -0.2) is 0 Å². The highest BCUT2D eigenvalue weighted by molar-refractivity contribution is 9.10. The number of hydrogen-bond acceptors (Lipinski definition) is 5. The van der Waals surface area contributed by atoms with E-state index in [-0.39, 0.29) is 18.3 Å². The zero-order valence-corrected chi connectivity index (χ0v) is 17.3. The van der Waals surface area contributed by atoms with E-state index in [2.05, 4.69) is 15.9 Å². The number of ketones is 1. The molecule has 0 bridgehead atoms. The molecule has 0 saturated carbocycles. The average molecular weight is 425 g/mol. The van der Waals surface area contributed by atoms with Gasteiger partial charge in [0.25, 0.3) is 0 Å². The van der Waals surface area contributed by atoms with Gasteiger partial charge in [0, 0.05) is 21.9 Å². The molecule has 0 spiro atoms. The van der Waals surface area contributed by atoms with Gasteiger partial charge in [-0.1, -0.05) is 41.9 Å². The molecule has 1 fully saturated rings. The molecule has 1 aromatic rings. The van der Waals surface area contributed by atoms with Crippen molar-refractivity contribution in [1.29, 1.82) is 0 Å². The van der Waals surface area contributed by atoms with E-state index in [9.17, 15) is 14.4 Å². The molecule has 0 aliphatic carbocycles. The predicted octanol–water partition coefficient (Wildman–Crippen LogP) is 4.03. The monoisotopic (exact) mass is 424 g/mol. The summed E-state index contributed by atoms with van der Waals surface area (Å²) < 4.78 is 11.4. The van der Waals surface area contributed by atoms with Gasteiger partial charge in [-0.3, -0.25) is 14.4 Å². The number of carbonyl (C=O) groups is 3. The lowest BCUT2D eigenvalue weighted by Crippen LogP contribution is -2.44. The van der Waals surface area contributed by atoms with Gasteiger partial charge in [-0.2, -0.15) is 0 Å². The van der Waals surface area contributed by atoms with Crippen LogP contribution in [0.2, 0.25) is 0 Å². The SMILES string of the molecule is CCOC(=O)C1C(=O)OC(C)(C)C1C(C(=O)c1ccc(Br)cc1)C(C)C. The number of rotatable bonds is 6. The van der Waals surface area contributed by atoms with Crippen LogP contribution in [0.3, 0.4) is 0 Å². The zero-order chi connectivity index (χ0) is 19.6. The van der Waals surface area contributed by atoms with Crippen LogP contribution >= 0.6 is 15.9 Å². The van der Waals surface area contributed by atoms with E-state index in [1.807, 2.05) is 13.8 Å². The third-order valence-electron chi connectivity index (χ3n) is 4.86. The highest BCUT2D eigenvalue weighted by Crippen LogP contribution is 2.46. The van der Waals surface area contributed by atoms with Gasteiger partial charge in [0.2, 0.25) is 0 Å².